The van der Waals surface area contributed by atoms with E-state index in [-0.39, 0.29) is 0 Å². The van der Waals surface area contributed by atoms with Crippen LogP contribution in [0.1, 0.15) is 5.56 Å². The van der Waals surface area contributed by atoms with Crippen LogP contribution in [0.25, 0.3) is 11.2 Å². The molecule has 0 radical (unpaired) electrons. The van der Waals surface area contributed by atoms with Crippen LogP contribution in [0, 0.1) is 0 Å². The van der Waals surface area contributed by atoms with Gasteiger partial charge in [0.15, 0.2) is 11.5 Å². The standard InChI is InChI=1S/C16H18N6O/c1-2-4-12(5-3-1)10-17-14-13-15(19-11-18-13)21-16(20-14)22-6-8-23-9-7-22/h1-5,11H,6-10H2,(H2,17,18,19,20,21). The van der Waals surface area contributed by atoms with E-state index in [1.807, 2.05) is 18.2 Å². The van der Waals surface area contributed by atoms with Gasteiger partial charge in [0.2, 0.25) is 5.95 Å². The molecule has 2 N–H and O–H groups in total. The summed E-state index contributed by atoms with van der Waals surface area (Å²) in [6.45, 7) is 3.71. The number of morpholine rings is 1. The average Bonchev–Trinajstić information content (AvgIpc) is 3.10. The van der Waals surface area contributed by atoms with Crippen molar-refractivity contribution in [3.05, 3.63) is 42.2 Å². The Hall–Kier alpha value is -2.67. The highest BCUT2D eigenvalue weighted by molar-refractivity contribution is 5.83. The number of nitrogens with one attached hydrogen (secondary N) is 2. The third-order valence-electron chi connectivity index (χ3n) is 3.87. The van der Waals surface area contributed by atoms with E-state index in [1.54, 1.807) is 6.33 Å². The lowest BCUT2D eigenvalue weighted by molar-refractivity contribution is 0.122. The van der Waals surface area contributed by atoms with Crippen LogP contribution in [0.15, 0.2) is 36.7 Å². The summed E-state index contributed by atoms with van der Waals surface area (Å²) in [6, 6.07) is 10.2. The minimum absolute atomic E-state index is 0.678. The fourth-order valence-corrected chi connectivity index (χ4v) is 2.64. The van der Waals surface area contributed by atoms with Gasteiger partial charge < -0.3 is 19.9 Å². The lowest BCUT2D eigenvalue weighted by Crippen LogP contribution is -2.37. The van der Waals surface area contributed by atoms with Crippen molar-refractivity contribution in [1.29, 1.82) is 0 Å². The number of hydrogen-bond donors (Lipinski definition) is 2. The van der Waals surface area contributed by atoms with Gasteiger partial charge in [-0.25, -0.2) is 4.98 Å². The zero-order valence-electron chi connectivity index (χ0n) is 12.7. The van der Waals surface area contributed by atoms with E-state index in [2.05, 4.69) is 42.3 Å². The van der Waals surface area contributed by atoms with Gasteiger partial charge >= 0.3 is 0 Å². The predicted octanol–water partition coefficient (Wildman–Crippen LogP) is 1.80. The number of H-pyrrole nitrogens is 1. The lowest BCUT2D eigenvalue weighted by atomic mass is 10.2. The van der Waals surface area contributed by atoms with Gasteiger partial charge in [0.25, 0.3) is 0 Å². The maximum Gasteiger partial charge on any atom is 0.229 e. The Labute approximate surface area is 133 Å². The van der Waals surface area contributed by atoms with Crippen LogP contribution >= 0.6 is 0 Å². The second-order valence-corrected chi connectivity index (χ2v) is 5.41. The quantitative estimate of drug-likeness (QED) is 0.765. The Morgan fingerprint density at radius 3 is 2.78 bits per heavy atom. The van der Waals surface area contributed by atoms with E-state index in [9.17, 15) is 0 Å². The number of aromatic amines is 1. The van der Waals surface area contributed by atoms with E-state index in [0.717, 1.165) is 24.4 Å². The lowest BCUT2D eigenvalue weighted by Gasteiger charge is -2.27. The summed E-state index contributed by atoms with van der Waals surface area (Å²) in [7, 11) is 0. The summed E-state index contributed by atoms with van der Waals surface area (Å²) >= 11 is 0. The van der Waals surface area contributed by atoms with E-state index < -0.39 is 0 Å². The summed E-state index contributed by atoms with van der Waals surface area (Å²) < 4.78 is 5.39. The molecule has 1 aliphatic rings. The van der Waals surface area contributed by atoms with Crippen molar-refractivity contribution in [2.75, 3.05) is 36.5 Å². The molecule has 0 atom stereocenters. The Kier molecular flexibility index (Phi) is 3.77. The first kappa shape index (κ1) is 14.0. The maximum atomic E-state index is 5.39. The van der Waals surface area contributed by atoms with Crippen LogP contribution in [0.5, 0.6) is 0 Å². The topological polar surface area (TPSA) is 79.0 Å². The molecule has 7 nitrogen and oxygen atoms in total. The Balaban J connectivity index is 1.62. The largest absolute Gasteiger partial charge is 0.378 e. The van der Waals surface area contributed by atoms with Crippen LogP contribution in [-0.2, 0) is 11.3 Å². The molecule has 0 unspecified atom stereocenters. The zero-order chi connectivity index (χ0) is 15.5. The van der Waals surface area contributed by atoms with Gasteiger partial charge in [-0.15, -0.1) is 0 Å². The van der Waals surface area contributed by atoms with E-state index in [1.165, 1.54) is 5.56 Å². The summed E-state index contributed by atoms with van der Waals surface area (Å²) in [4.78, 5) is 18.8. The smallest absolute Gasteiger partial charge is 0.229 e. The molecule has 0 saturated carbocycles. The van der Waals surface area contributed by atoms with Gasteiger partial charge in [-0.05, 0) is 5.56 Å². The van der Waals surface area contributed by atoms with Crippen molar-refractivity contribution in [3.63, 3.8) is 0 Å². The average molecular weight is 310 g/mol. The number of anilines is 2. The van der Waals surface area contributed by atoms with Crippen molar-refractivity contribution in [2.45, 2.75) is 6.54 Å². The Morgan fingerprint density at radius 1 is 1.13 bits per heavy atom. The summed E-state index contributed by atoms with van der Waals surface area (Å²) in [5.74, 6) is 1.47. The molecule has 2 aromatic heterocycles. The van der Waals surface area contributed by atoms with Gasteiger partial charge in [-0.1, -0.05) is 30.3 Å². The molecule has 1 saturated heterocycles. The van der Waals surface area contributed by atoms with Gasteiger partial charge in [0.05, 0.1) is 19.5 Å². The normalized spacial score (nSPS) is 15.0. The second kappa shape index (κ2) is 6.21. The number of fused-ring (bicyclic) bond motifs is 1. The van der Waals surface area contributed by atoms with Crippen molar-refractivity contribution in [1.82, 2.24) is 19.9 Å². The number of benzene rings is 1. The number of nitrogens with zero attached hydrogens (tertiary/aromatic N) is 4. The first-order chi connectivity index (χ1) is 11.4. The molecular weight excluding hydrogens is 292 g/mol. The molecule has 7 heteroatoms. The van der Waals surface area contributed by atoms with Crippen LogP contribution in [0.3, 0.4) is 0 Å². The highest BCUT2D eigenvalue weighted by Crippen LogP contribution is 2.21. The monoisotopic (exact) mass is 310 g/mol. The first-order valence-corrected chi connectivity index (χ1v) is 7.72. The first-order valence-electron chi connectivity index (χ1n) is 7.72. The van der Waals surface area contributed by atoms with E-state index in [0.29, 0.717) is 31.4 Å². The van der Waals surface area contributed by atoms with Gasteiger partial charge in [-0.3, -0.25) is 0 Å². The molecule has 0 aliphatic carbocycles. The zero-order valence-corrected chi connectivity index (χ0v) is 12.7. The maximum absolute atomic E-state index is 5.39. The number of imidazole rings is 1. The van der Waals surface area contributed by atoms with Crippen molar-refractivity contribution >= 4 is 22.9 Å². The number of aromatic nitrogens is 4. The number of hydrogen-bond acceptors (Lipinski definition) is 6. The third-order valence-corrected chi connectivity index (χ3v) is 3.87. The molecule has 23 heavy (non-hydrogen) atoms. The van der Waals surface area contributed by atoms with Crippen LogP contribution in [0.2, 0.25) is 0 Å². The molecule has 118 valence electrons. The molecule has 3 aromatic rings. The molecule has 1 aromatic carbocycles. The summed E-state index contributed by atoms with van der Waals surface area (Å²) in [6.07, 6.45) is 1.65. The molecule has 0 spiro atoms. The highest BCUT2D eigenvalue weighted by Gasteiger charge is 2.17. The predicted molar refractivity (Wildman–Crippen MR) is 88.5 cm³/mol. The summed E-state index contributed by atoms with van der Waals surface area (Å²) in [5.41, 5.74) is 2.71. The van der Waals surface area contributed by atoms with Crippen molar-refractivity contribution in [2.24, 2.45) is 0 Å². The SMILES string of the molecule is c1ccc(CNc2nc(N3CCOCC3)nc3nc[nH]c23)cc1. The molecule has 3 heterocycles. The van der Waals surface area contributed by atoms with Crippen LogP contribution in [-0.4, -0.2) is 46.2 Å². The molecule has 0 amide bonds. The van der Waals surface area contributed by atoms with E-state index in [4.69, 9.17) is 4.74 Å². The molecule has 4 rings (SSSR count). The minimum Gasteiger partial charge on any atom is -0.378 e. The van der Waals surface area contributed by atoms with Crippen molar-refractivity contribution in [3.8, 4) is 0 Å². The summed E-state index contributed by atoms with van der Waals surface area (Å²) in [5, 5.41) is 3.39. The molecule has 1 aliphatic heterocycles. The molecule has 1 fully saturated rings. The van der Waals surface area contributed by atoms with Crippen LogP contribution < -0.4 is 10.2 Å². The third kappa shape index (κ3) is 2.95. The minimum atomic E-state index is 0.678. The molecule has 0 bridgehead atoms. The van der Waals surface area contributed by atoms with Gasteiger partial charge in [0, 0.05) is 19.6 Å². The van der Waals surface area contributed by atoms with Crippen molar-refractivity contribution < 1.29 is 4.74 Å². The van der Waals surface area contributed by atoms with Gasteiger partial charge in [0.1, 0.15) is 5.52 Å². The molecular formula is C16H18N6O. The highest BCUT2D eigenvalue weighted by atomic mass is 16.5. The fraction of sp³-hybridized carbons (Fsp3) is 0.312. The van der Waals surface area contributed by atoms with Gasteiger partial charge in [-0.2, -0.15) is 9.97 Å². The Morgan fingerprint density at radius 2 is 1.96 bits per heavy atom. The number of rotatable bonds is 4. The second-order valence-electron chi connectivity index (χ2n) is 5.41. The van der Waals surface area contributed by atoms with Crippen LogP contribution in [0.4, 0.5) is 11.8 Å². The fourth-order valence-electron chi connectivity index (χ4n) is 2.64. The Bertz CT molecular complexity index is 782. The number of ether oxygens (including phenoxy) is 1. The van der Waals surface area contributed by atoms with E-state index >= 15 is 0 Å².